The van der Waals surface area contributed by atoms with Crippen LogP contribution >= 0.6 is 15.9 Å². The van der Waals surface area contributed by atoms with E-state index in [4.69, 9.17) is 0 Å². The number of piperazine rings is 1. The minimum absolute atomic E-state index is 0.129. The fourth-order valence-electron chi connectivity index (χ4n) is 2.66. The Kier molecular flexibility index (Phi) is 3.76. The van der Waals surface area contributed by atoms with Crippen LogP contribution in [-0.2, 0) is 0 Å². The quantitative estimate of drug-likeness (QED) is 0.870. The van der Waals surface area contributed by atoms with Gasteiger partial charge >= 0.3 is 0 Å². The van der Waals surface area contributed by atoms with Gasteiger partial charge in [0.05, 0.1) is 0 Å². The third-order valence-corrected chi connectivity index (χ3v) is 4.30. The molecule has 3 nitrogen and oxygen atoms in total. The highest BCUT2D eigenvalue weighted by Crippen LogP contribution is 2.22. The number of amides is 1. The van der Waals surface area contributed by atoms with Gasteiger partial charge in [0.1, 0.15) is 0 Å². The summed E-state index contributed by atoms with van der Waals surface area (Å²) in [5.41, 5.74) is 0.772. The molecular weight excluding hydrogens is 316 g/mol. The molecule has 1 N–H and O–H groups in total. The normalized spacial score (nSPS) is 19.3. The number of carbonyl (C=O) groups excluding carboxylic acids is 1. The van der Waals surface area contributed by atoms with Gasteiger partial charge in [-0.2, -0.15) is 0 Å². The van der Waals surface area contributed by atoms with Gasteiger partial charge in [0.25, 0.3) is 5.91 Å². The molecule has 0 radical (unpaired) electrons. The smallest absolute Gasteiger partial charge is 0.254 e. The molecule has 1 heterocycles. The van der Waals surface area contributed by atoms with Crippen LogP contribution in [0.4, 0.5) is 0 Å². The molecule has 1 saturated heterocycles. The zero-order valence-corrected chi connectivity index (χ0v) is 13.0. The van der Waals surface area contributed by atoms with E-state index >= 15 is 0 Å². The molecule has 2 aromatic carbocycles. The lowest BCUT2D eigenvalue weighted by molar-refractivity contribution is 0.0656. The van der Waals surface area contributed by atoms with Crippen LogP contribution in [0.5, 0.6) is 0 Å². The van der Waals surface area contributed by atoms with Gasteiger partial charge in [-0.1, -0.05) is 28.1 Å². The zero-order chi connectivity index (χ0) is 14.1. The van der Waals surface area contributed by atoms with Crippen LogP contribution in [-0.4, -0.2) is 36.5 Å². The van der Waals surface area contributed by atoms with Gasteiger partial charge in [0.15, 0.2) is 0 Å². The number of benzene rings is 2. The summed E-state index contributed by atoms with van der Waals surface area (Å²) in [6.07, 6.45) is 0. The number of rotatable bonds is 1. The highest BCUT2D eigenvalue weighted by atomic mass is 79.9. The van der Waals surface area contributed by atoms with Crippen molar-refractivity contribution in [2.45, 2.75) is 13.0 Å². The van der Waals surface area contributed by atoms with Crippen molar-refractivity contribution in [1.29, 1.82) is 0 Å². The Morgan fingerprint density at radius 2 is 2.00 bits per heavy atom. The van der Waals surface area contributed by atoms with Gasteiger partial charge < -0.3 is 10.2 Å². The third-order valence-electron chi connectivity index (χ3n) is 3.81. The van der Waals surface area contributed by atoms with Gasteiger partial charge in [-0.15, -0.1) is 0 Å². The summed E-state index contributed by atoms with van der Waals surface area (Å²) >= 11 is 3.47. The van der Waals surface area contributed by atoms with Crippen LogP contribution in [0.3, 0.4) is 0 Å². The first-order chi connectivity index (χ1) is 9.65. The first-order valence-electron chi connectivity index (χ1n) is 6.86. The van der Waals surface area contributed by atoms with Crippen LogP contribution in [0, 0.1) is 0 Å². The number of halogens is 1. The Morgan fingerprint density at radius 1 is 1.25 bits per heavy atom. The Labute approximate surface area is 127 Å². The second-order valence-electron chi connectivity index (χ2n) is 5.26. The van der Waals surface area contributed by atoms with Crippen LogP contribution in [0.2, 0.25) is 0 Å². The average Bonchev–Trinajstić information content (AvgIpc) is 2.46. The molecule has 1 fully saturated rings. The minimum Gasteiger partial charge on any atom is -0.333 e. The number of nitrogens with zero attached hydrogens (tertiary/aromatic N) is 1. The zero-order valence-electron chi connectivity index (χ0n) is 11.4. The summed E-state index contributed by atoms with van der Waals surface area (Å²) in [6, 6.07) is 12.3. The van der Waals surface area contributed by atoms with Crippen molar-refractivity contribution in [3.63, 3.8) is 0 Å². The van der Waals surface area contributed by atoms with E-state index in [1.165, 1.54) is 0 Å². The van der Waals surface area contributed by atoms with Crippen molar-refractivity contribution in [1.82, 2.24) is 10.2 Å². The van der Waals surface area contributed by atoms with Crippen molar-refractivity contribution in [3.05, 3.63) is 46.4 Å². The molecule has 3 rings (SSSR count). The fourth-order valence-corrected chi connectivity index (χ4v) is 3.04. The van der Waals surface area contributed by atoms with E-state index in [1.807, 2.05) is 35.2 Å². The number of hydrogen-bond donors (Lipinski definition) is 1. The summed E-state index contributed by atoms with van der Waals surface area (Å²) in [6.45, 7) is 4.60. The molecule has 1 aliphatic heterocycles. The molecule has 0 bridgehead atoms. The van der Waals surface area contributed by atoms with Gasteiger partial charge in [0.2, 0.25) is 0 Å². The number of nitrogens with one attached hydrogen (secondary N) is 1. The summed E-state index contributed by atoms with van der Waals surface area (Å²) in [4.78, 5) is 14.6. The number of fused-ring (bicyclic) bond motifs is 1. The van der Waals surface area contributed by atoms with Crippen LogP contribution < -0.4 is 5.32 Å². The highest BCUT2D eigenvalue weighted by molar-refractivity contribution is 9.10. The van der Waals surface area contributed by atoms with Crippen molar-refractivity contribution >= 4 is 32.6 Å². The van der Waals surface area contributed by atoms with E-state index in [0.717, 1.165) is 40.4 Å². The second-order valence-corrected chi connectivity index (χ2v) is 6.17. The lowest BCUT2D eigenvalue weighted by Crippen LogP contribution is -2.52. The molecule has 0 saturated carbocycles. The SMILES string of the molecule is C[C@@H]1CNCCN1C(=O)c1ccc2cc(Br)ccc2c1. The number of carbonyl (C=O) groups is 1. The Balaban J connectivity index is 1.93. The second kappa shape index (κ2) is 5.54. The van der Waals surface area contributed by atoms with E-state index in [2.05, 4.69) is 34.2 Å². The van der Waals surface area contributed by atoms with E-state index in [1.54, 1.807) is 0 Å². The van der Waals surface area contributed by atoms with E-state index in [9.17, 15) is 4.79 Å². The molecular formula is C16H17BrN2O. The van der Waals surface area contributed by atoms with Crippen LogP contribution in [0.15, 0.2) is 40.9 Å². The van der Waals surface area contributed by atoms with Gasteiger partial charge in [-0.3, -0.25) is 4.79 Å². The van der Waals surface area contributed by atoms with E-state index in [-0.39, 0.29) is 11.9 Å². The molecule has 20 heavy (non-hydrogen) atoms. The monoisotopic (exact) mass is 332 g/mol. The molecule has 1 aliphatic rings. The maximum Gasteiger partial charge on any atom is 0.254 e. The standard InChI is InChI=1S/C16H17BrN2O/c1-11-10-18-6-7-19(11)16(20)14-3-2-13-9-15(17)5-4-12(13)8-14/h2-5,8-9,11,18H,6-7,10H2,1H3/t11-/m1/s1. The van der Waals surface area contributed by atoms with Crippen molar-refractivity contribution < 1.29 is 4.79 Å². The molecule has 4 heteroatoms. The van der Waals surface area contributed by atoms with Crippen LogP contribution in [0.25, 0.3) is 10.8 Å². The van der Waals surface area contributed by atoms with Crippen molar-refractivity contribution in [2.24, 2.45) is 0 Å². The molecule has 0 aliphatic carbocycles. The Hall–Kier alpha value is -1.39. The molecule has 1 amide bonds. The summed E-state index contributed by atoms with van der Waals surface area (Å²) in [5, 5.41) is 5.55. The topological polar surface area (TPSA) is 32.3 Å². The van der Waals surface area contributed by atoms with E-state index in [0.29, 0.717) is 0 Å². The highest BCUT2D eigenvalue weighted by Gasteiger charge is 2.23. The lowest BCUT2D eigenvalue weighted by Gasteiger charge is -2.34. The third kappa shape index (κ3) is 2.58. The first-order valence-corrected chi connectivity index (χ1v) is 7.65. The van der Waals surface area contributed by atoms with Gasteiger partial charge in [-0.05, 0) is 42.0 Å². The van der Waals surface area contributed by atoms with E-state index < -0.39 is 0 Å². The van der Waals surface area contributed by atoms with Gasteiger partial charge in [-0.25, -0.2) is 0 Å². The molecule has 0 spiro atoms. The fraction of sp³-hybridized carbons (Fsp3) is 0.312. The average molecular weight is 333 g/mol. The predicted molar refractivity (Wildman–Crippen MR) is 85.0 cm³/mol. The Bertz CT molecular complexity index is 656. The summed E-state index contributed by atoms with van der Waals surface area (Å²) in [7, 11) is 0. The maximum atomic E-state index is 12.6. The molecule has 1 atom stereocenters. The molecule has 0 aromatic heterocycles. The summed E-state index contributed by atoms with van der Waals surface area (Å²) in [5.74, 6) is 0.129. The lowest BCUT2D eigenvalue weighted by atomic mass is 10.1. The molecule has 2 aromatic rings. The minimum atomic E-state index is 0.129. The maximum absolute atomic E-state index is 12.6. The first kappa shape index (κ1) is 13.6. The Morgan fingerprint density at radius 3 is 2.80 bits per heavy atom. The van der Waals surface area contributed by atoms with Crippen molar-refractivity contribution in [3.8, 4) is 0 Å². The van der Waals surface area contributed by atoms with Crippen LogP contribution in [0.1, 0.15) is 17.3 Å². The molecule has 0 unspecified atom stereocenters. The van der Waals surface area contributed by atoms with Crippen molar-refractivity contribution in [2.75, 3.05) is 19.6 Å². The number of hydrogen-bond acceptors (Lipinski definition) is 2. The van der Waals surface area contributed by atoms with Gasteiger partial charge in [0, 0.05) is 35.7 Å². The molecule has 104 valence electrons. The summed E-state index contributed by atoms with van der Waals surface area (Å²) < 4.78 is 1.06. The predicted octanol–water partition coefficient (Wildman–Crippen LogP) is 3.04. The largest absolute Gasteiger partial charge is 0.333 e.